The summed E-state index contributed by atoms with van der Waals surface area (Å²) in [7, 11) is 0. The molecule has 0 unspecified atom stereocenters. The van der Waals surface area contributed by atoms with E-state index < -0.39 is 23.8 Å². The van der Waals surface area contributed by atoms with Crippen LogP contribution in [-0.4, -0.2) is 30.4 Å². The number of anilines is 1. The minimum atomic E-state index is -0.891. The molecule has 4 aromatic rings. The summed E-state index contributed by atoms with van der Waals surface area (Å²) in [6.07, 6.45) is 1.40. The molecule has 4 amide bonds. The Labute approximate surface area is 244 Å². The summed E-state index contributed by atoms with van der Waals surface area (Å²) in [5, 5.41) is 4.40. The smallest absolute Gasteiger partial charge is 0.338 e. The lowest BCUT2D eigenvalue weighted by atomic mass is 10.0. The van der Waals surface area contributed by atoms with Gasteiger partial charge in [0.05, 0.1) is 17.9 Å². The molecular formula is C32H25BrN2O6. The predicted octanol–water partition coefficient (Wildman–Crippen LogP) is 6.33. The first-order chi connectivity index (χ1) is 19.8. The summed E-state index contributed by atoms with van der Waals surface area (Å²) in [6.45, 7) is 4.20. The molecule has 0 atom stereocenters. The fourth-order valence-electron chi connectivity index (χ4n) is 4.56. The van der Waals surface area contributed by atoms with E-state index in [0.29, 0.717) is 15.8 Å². The number of halogens is 1. The third-order valence-corrected chi connectivity index (χ3v) is 7.15. The van der Waals surface area contributed by atoms with Gasteiger partial charge in [0.1, 0.15) is 17.9 Å². The zero-order valence-corrected chi connectivity index (χ0v) is 23.9. The molecule has 1 aliphatic rings. The van der Waals surface area contributed by atoms with E-state index in [4.69, 9.17) is 9.47 Å². The Kier molecular flexibility index (Phi) is 7.98. The van der Waals surface area contributed by atoms with Crippen LogP contribution in [0.1, 0.15) is 34.0 Å². The van der Waals surface area contributed by atoms with Crippen LogP contribution in [0, 0.1) is 6.92 Å². The Hall–Kier alpha value is -4.76. The molecule has 41 heavy (non-hydrogen) atoms. The van der Waals surface area contributed by atoms with Crippen LogP contribution in [0.15, 0.2) is 88.9 Å². The van der Waals surface area contributed by atoms with Crippen molar-refractivity contribution in [2.24, 2.45) is 0 Å². The van der Waals surface area contributed by atoms with Gasteiger partial charge in [-0.05, 0) is 78.7 Å². The van der Waals surface area contributed by atoms with E-state index in [9.17, 15) is 19.2 Å². The highest BCUT2D eigenvalue weighted by Crippen LogP contribution is 2.30. The fraction of sp³-hybridized carbons (Fsp3) is 0.125. The number of ether oxygens (including phenoxy) is 2. The first-order valence-electron chi connectivity index (χ1n) is 12.8. The summed E-state index contributed by atoms with van der Waals surface area (Å²) in [5.74, 6) is -1.70. The molecule has 1 saturated heterocycles. The summed E-state index contributed by atoms with van der Waals surface area (Å²) in [6, 6.07) is 22.3. The molecule has 1 fully saturated rings. The molecule has 1 heterocycles. The number of nitrogens with one attached hydrogen (secondary N) is 1. The topological polar surface area (TPSA) is 102 Å². The van der Waals surface area contributed by atoms with Crippen molar-refractivity contribution in [2.45, 2.75) is 20.5 Å². The Balaban J connectivity index is 1.46. The van der Waals surface area contributed by atoms with Crippen molar-refractivity contribution in [1.82, 2.24) is 5.32 Å². The molecule has 8 nitrogen and oxygen atoms in total. The lowest BCUT2D eigenvalue weighted by molar-refractivity contribution is -0.122. The van der Waals surface area contributed by atoms with Crippen molar-refractivity contribution in [3.63, 3.8) is 0 Å². The van der Waals surface area contributed by atoms with Crippen molar-refractivity contribution in [3.8, 4) is 5.75 Å². The average Bonchev–Trinajstić information content (AvgIpc) is 2.96. The van der Waals surface area contributed by atoms with Crippen molar-refractivity contribution >= 4 is 62.3 Å². The highest BCUT2D eigenvalue weighted by atomic mass is 79.9. The average molecular weight is 613 g/mol. The van der Waals surface area contributed by atoms with E-state index in [1.54, 1.807) is 25.1 Å². The second-order valence-corrected chi connectivity index (χ2v) is 10.2. The van der Waals surface area contributed by atoms with Crippen molar-refractivity contribution in [3.05, 3.63) is 111 Å². The molecule has 5 rings (SSSR count). The van der Waals surface area contributed by atoms with Crippen LogP contribution < -0.4 is 15.0 Å². The predicted molar refractivity (Wildman–Crippen MR) is 159 cm³/mol. The van der Waals surface area contributed by atoms with E-state index in [1.165, 1.54) is 30.3 Å². The number of imide groups is 2. The molecule has 4 aromatic carbocycles. The Morgan fingerprint density at radius 3 is 2.49 bits per heavy atom. The number of hydrogen-bond donors (Lipinski definition) is 1. The van der Waals surface area contributed by atoms with Crippen LogP contribution in [0.3, 0.4) is 0 Å². The summed E-state index contributed by atoms with van der Waals surface area (Å²) in [5.41, 5.74) is 2.79. The van der Waals surface area contributed by atoms with Crippen molar-refractivity contribution in [1.29, 1.82) is 0 Å². The van der Waals surface area contributed by atoms with Crippen LogP contribution >= 0.6 is 15.9 Å². The number of aryl methyl sites for hydroxylation is 1. The zero-order chi connectivity index (χ0) is 29.1. The number of rotatable bonds is 7. The lowest BCUT2D eigenvalue weighted by Gasteiger charge is -2.26. The van der Waals surface area contributed by atoms with Crippen LogP contribution in [0.4, 0.5) is 10.5 Å². The third kappa shape index (κ3) is 5.76. The second kappa shape index (κ2) is 11.8. The van der Waals surface area contributed by atoms with Crippen LogP contribution in [-0.2, 0) is 20.9 Å². The van der Waals surface area contributed by atoms with Gasteiger partial charge in [0.2, 0.25) is 0 Å². The molecule has 0 radical (unpaired) electrons. The van der Waals surface area contributed by atoms with Gasteiger partial charge < -0.3 is 9.47 Å². The molecule has 1 N–H and O–H groups in total. The second-order valence-electron chi connectivity index (χ2n) is 9.28. The molecule has 9 heteroatoms. The largest absolute Gasteiger partial charge is 0.488 e. The van der Waals surface area contributed by atoms with E-state index >= 15 is 0 Å². The summed E-state index contributed by atoms with van der Waals surface area (Å²) in [4.78, 5) is 51.8. The van der Waals surface area contributed by atoms with Gasteiger partial charge in [-0.3, -0.25) is 14.9 Å². The monoisotopic (exact) mass is 612 g/mol. The van der Waals surface area contributed by atoms with Gasteiger partial charge in [0.25, 0.3) is 11.8 Å². The minimum absolute atomic E-state index is 0.191. The standard InChI is InChI=1S/C32H25BrN2O6/c1-3-40-31(38)21-10-13-24(14-11-21)35-30(37)26(29(36)34-32(35)39)17-22-16-23(33)12-15-28(22)41-18-27-19(2)8-9-20-6-4-5-7-25(20)27/h4-17H,3,18H2,1-2H3,(H,34,36,39)/b26-17+. The Morgan fingerprint density at radius 2 is 1.73 bits per heavy atom. The number of fused-ring (bicyclic) bond motifs is 1. The van der Waals surface area contributed by atoms with Gasteiger partial charge >= 0.3 is 12.0 Å². The number of barbiturate groups is 1. The third-order valence-electron chi connectivity index (χ3n) is 6.66. The summed E-state index contributed by atoms with van der Waals surface area (Å²) < 4.78 is 11.9. The summed E-state index contributed by atoms with van der Waals surface area (Å²) >= 11 is 3.45. The minimum Gasteiger partial charge on any atom is -0.488 e. The quantitative estimate of drug-likeness (QED) is 0.149. The number of nitrogens with zero attached hydrogens (tertiary/aromatic N) is 1. The van der Waals surface area contributed by atoms with Crippen molar-refractivity contribution < 1.29 is 28.7 Å². The SMILES string of the molecule is CCOC(=O)c1ccc(N2C(=O)NC(=O)/C(=C\c3cc(Br)ccc3OCc3c(C)ccc4ccccc34)C2=O)cc1. The van der Waals surface area contributed by atoms with Crippen LogP contribution in [0.2, 0.25) is 0 Å². The fourth-order valence-corrected chi connectivity index (χ4v) is 4.94. The first kappa shape index (κ1) is 27.8. The maximum atomic E-state index is 13.5. The molecule has 0 bridgehead atoms. The molecular weight excluding hydrogens is 588 g/mol. The van der Waals surface area contributed by atoms with Gasteiger partial charge in [0, 0.05) is 15.6 Å². The number of esters is 1. The van der Waals surface area contributed by atoms with E-state index in [0.717, 1.165) is 26.8 Å². The first-order valence-corrected chi connectivity index (χ1v) is 13.6. The maximum absolute atomic E-state index is 13.5. The van der Waals surface area contributed by atoms with E-state index in [-0.39, 0.29) is 30.0 Å². The normalized spacial score (nSPS) is 14.4. The van der Waals surface area contributed by atoms with Gasteiger partial charge in [-0.1, -0.05) is 52.3 Å². The number of carbonyl (C=O) groups is 4. The molecule has 206 valence electrons. The highest BCUT2D eigenvalue weighted by molar-refractivity contribution is 9.10. The number of amides is 4. The van der Waals surface area contributed by atoms with Gasteiger partial charge in [-0.25, -0.2) is 14.5 Å². The van der Waals surface area contributed by atoms with Crippen LogP contribution in [0.25, 0.3) is 16.8 Å². The van der Waals surface area contributed by atoms with Crippen molar-refractivity contribution in [2.75, 3.05) is 11.5 Å². The van der Waals surface area contributed by atoms with E-state index in [2.05, 4.69) is 27.3 Å². The van der Waals surface area contributed by atoms with E-state index in [1.807, 2.05) is 37.3 Å². The number of hydrogen-bond acceptors (Lipinski definition) is 6. The van der Waals surface area contributed by atoms with Gasteiger partial charge in [0.15, 0.2) is 0 Å². The molecule has 1 aliphatic heterocycles. The lowest BCUT2D eigenvalue weighted by Crippen LogP contribution is -2.54. The number of benzene rings is 4. The number of urea groups is 1. The van der Waals surface area contributed by atoms with Gasteiger partial charge in [-0.15, -0.1) is 0 Å². The number of carbonyl (C=O) groups excluding carboxylic acids is 4. The Bertz CT molecular complexity index is 1730. The molecule has 0 saturated carbocycles. The molecule has 0 aromatic heterocycles. The molecule has 0 spiro atoms. The highest BCUT2D eigenvalue weighted by Gasteiger charge is 2.37. The Morgan fingerprint density at radius 1 is 0.976 bits per heavy atom. The molecule has 0 aliphatic carbocycles. The zero-order valence-electron chi connectivity index (χ0n) is 22.3. The maximum Gasteiger partial charge on any atom is 0.338 e. The van der Waals surface area contributed by atoms with Gasteiger partial charge in [-0.2, -0.15) is 0 Å². The van der Waals surface area contributed by atoms with Crippen LogP contribution in [0.5, 0.6) is 5.75 Å².